The first kappa shape index (κ1) is 34.9. The van der Waals surface area contributed by atoms with E-state index in [0.29, 0.717) is 10.2 Å². The van der Waals surface area contributed by atoms with Gasteiger partial charge in [0, 0.05) is 13.1 Å². The van der Waals surface area contributed by atoms with E-state index in [4.69, 9.17) is 0 Å². The summed E-state index contributed by atoms with van der Waals surface area (Å²) < 4.78 is 34.2. The third-order valence-electron chi connectivity index (χ3n) is 6.55. The lowest BCUT2D eigenvalue weighted by atomic mass is 10.0. The van der Waals surface area contributed by atoms with Crippen molar-refractivity contribution < 1.29 is 32.6 Å². The fourth-order valence-electron chi connectivity index (χ4n) is 4.40. The number of sulfonamides is 1. The molecule has 0 fully saturated rings. The van der Waals surface area contributed by atoms with Crippen LogP contribution in [0.15, 0.2) is 53.4 Å². The number of likely N-dealkylation sites (N-methyl/N-ethyl adjacent to an activating group) is 1. The average Bonchev–Trinajstić information content (AvgIpc) is 3.38. The van der Waals surface area contributed by atoms with E-state index in [0.717, 1.165) is 16.9 Å². The molecule has 44 heavy (non-hydrogen) atoms. The van der Waals surface area contributed by atoms with Gasteiger partial charge in [0.15, 0.2) is 5.13 Å². The SMILES string of the molecule is CNCC(=O)NC(C)C(=O)NC(Cc1ccccc1)C(O)CN(CC(C)C)S(=O)(=O)c1ccc2nc(NC(=O)OC)sc2c1. The number of fused-ring (bicyclic) bond motifs is 1. The molecule has 5 N–H and O–H groups in total. The van der Waals surface area contributed by atoms with Crippen molar-refractivity contribution in [3.8, 4) is 0 Å². The number of hydrogen-bond donors (Lipinski definition) is 5. The molecule has 13 nitrogen and oxygen atoms in total. The van der Waals surface area contributed by atoms with Gasteiger partial charge in [-0.25, -0.2) is 18.2 Å². The Balaban J connectivity index is 1.88. The van der Waals surface area contributed by atoms with E-state index in [1.165, 1.54) is 30.5 Å². The molecule has 0 saturated heterocycles. The number of rotatable bonds is 15. The standard InChI is InChI=1S/C29H40N6O7S2/c1-18(2)16-35(44(40,41)21-11-12-22-25(14-21)43-28(33-22)34-29(39)42-5)17-24(36)23(13-20-9-7-6-8-10-20)32-27(38)19(3)31-26(37)15-30-4/h6-12,14,18-19,23-24,30,36H,13,15-17H2,1-5H3,(H,31,37)(H,32,38)(H,33,34,39). The summed E-state index contributed by atoms with van der Waals surface area (Å²) in [5, 5.41) is 22.3. The monoisotopic (exact) mass is 648 g/mol. The Kier molecular flexibility index (Phi) is 12.6. The van der Waals surface area contributed by atoms with E-state index in [2.05, 4.69) is 31.0 Å². The summed E-state index contributed by atoms with van der Waals surface area (Å²) in [5.41, 5.74) is 1.33. The van der Waals surface area contributed by atoms with Crippen molar-refractivity contribution in [3.05, 3.63) is 54.1 Å². The zero-order valence-electron chi connectivity index (χ0n) is 25.4. The van der Waals surface area contributed by atoms with Gasteiger partial charge in [-0.3, -0.25) is 14.9 Å². The van der Waals surface area contributed by atoms with E-state index in [9.17, 15) is 27.9 Å². The molecule has 1 aromatic heterocycles. The van der Waals surface area contributed by atoms with Crippen LogP contribution in [0.5, 0.6) is 0 Å². The van der Waals surface area contributed by atoms with Crippen LogP contribution in [-0.2, 0) is 30.8 Å². The number of thiazole rings is 1. The highest BCUT2D eigenvalue weighted by atomic mass is 32.2. The summed E-state index contributed by atoms with van der Waals surface area (Å²) in [7, 11) is -1.27. The summed E-state index contributed by atoms with van der Waals surface area (Å²) in [5.74, 6) is -0.958. The molecule has 0 bridgehead atoms. The topological polar surface area (TPSA) is 179 Å². The molecule has 1 heterocycles. The predicted molar refractivity (Wildman–Crippen MR) is 169 cm³/mol. The molecular formula is C29H40N6O7S2. The molecule has 3 unspecified atom stereocenters. The van der Waals surface area contributed by atoms with Gasteiger partial charge >= 0.3 is 6.09 Å². The number of hydrogen-bond acceptors (Lipinski definition) is 10. The largest absolute Gasteiger partial charge is 0.453 e. The maximum atomic E-state index is 13.9. The van der Waals surface area contributed by atoms with E-state index in [1.807, 2.05) is 44.2 Å². The third kappa shape index (κ3) is 9.69. The molecule has 2 aromatic carbocycles. The second-order valence-corrected chi connectivity index (χ2v) is 13.6. The molecular weight excluding hydrogens is 608 g/mol. The molecule has 15 heteroatoms. The summed E-state index contributed by atoms with van der Waals surface area (Å²) in [6.07, 6.45) is -1.76. The average molecular weight is 649 g/mol. The van der Waals surface area contributed by atoms with Crippen molar-refractivity contribution >= 4 is 54.6 Å². The van der Waals surface area contributed by atoms with E-state index >= 15 is 0 Å². The number of nitrogens with zero attached hydrogens (tertiary/aromatic N) is 2. The second kappa shape index (κ2) is 15.9. The molecule has 3 rings (SSSR count). The number of methoxy groups -OCH3 is 1. The van der Waals surface area contributed by atoms with Crippen LogP contribution in [0.2, 0.25) is 0 Å². The van der Waals surface area contributed by atoms with Crippen molar-refractivity contribution in [3.63, 3.8) is 0 Å². The van der Waals surface area contributed by atoms with Crippen molar-refractivity contribution in [2.75, 3.05) is 39.1 Å². The fourth-order valence-corrected chi connectivity index (χ4v) is 7.01. The number of amides is 3. The second-order valence-electron chi connectivity index (χ2n) is 10.7. The van der Waals surface area contributed by atoms with Crippen LogP contribution in [0.1, 0.15) is 26.3 Å². The molecule has 0 spiro atoms. The van der Waals surface area contributed by atoms with Gasteiger partial charge in [0.1, 0.15) is 6.04 Å². The first-order valence-corrected chi connectivity index (χ1v) is 16.3. The highest BCUT2D eigenvalue weighted by Crippen LogP contribution is 2.30. The quantitative estimate of drug-likeness (QED) is 0.165. The molecule has 240 valence electrons. The molecule has 3 aromatic rings. The number of carbonyl (C=O) groups excluding carboxylic acids is 3. The zero-order valence-corrected chi connectivity index (χ0v) is 27.0. The minimum Gasteiger partial charge on any atom is -0.453 e. The van der Waals surface area contributed by atoms with Gasteiger partial charge in [0.25, 0.3) is 0 Å². The minimum atomic E-state index is -4.11. The predicted octanol–water partition coefficient (Wildman–Crippen LogP) is 1.93. The van der Waals surface area contributed by atoms with E-state index in [1.54, 1.807) is 13.1 Å². The maximum Gasteiger partial charge on any atom is 0.413 e. The Bertz CT molecular complexity index is 1530. The highest BCUT2D eigenvalue weighted by molar-refractivity contribution is 7.89. The minimum absolute atomic E-state index is 0.00405. The smallest absolute Gasteiger partial charge is 0.413 e. The molecule has 0 aliphatic rings. The number of aromatic nitrogens is 1. The molecule has 3 atom stereocenters. The van der Waals surface area contributed by atoms with Gasteiger partial charge < -0.3 is 25.8 Å². The molecule has 0 aliphatic heterocycles. The zero-order chi connectivity index (χ0) is 32.4. The Morgan fingerprint density at radius 2 is 1.75 bits per heavy atom. The Labute approximate surface area is 261 Å². The van der Waals surface area contributed by atoms with Gasteiger partial charge in [-0.2, -0.15) is 4.31 Å². The number of ether oxygens (including phenoxy) is 1. The highest BCUT2D eigenvalue weighted by Gasteiger charge is 2.32. The van der Waals surface area contributed by atoms with Crippen LogP contribution < -0.4 is 21.3 Å². The van der Waals surface area contributed by atoms with Crippen molar-refractivity contribution in [1.82, 2.24) is 25.2 Å². The lowest BCUT2D eigenvalue weighted by Gasteiger charge is -2.31. The van der Waals surface area contributed by atoms with Gasteiger partial charge in [0.2, 0.25) is 21.8 Å². The van der Waals surface area contributed by atoms with Crippen molar-refractivity contribution in [1.29, 1.82) is 0 Å². The Morgan fingerprint density at radius 1 is 1.05 bits per heavy atom. The molecule has 3 amide bonds. The van der Waals surface area contributed by atoms with Crippen LogP contribution >= 0.6 is 11.3 Å². The van der Waals surface area contributed by atoms with Crippen LogP contribution in [-0.4, -0.2) is 92.7 Å². The number of anilines is 1. The number of aliphatic hydroxyl groups excluding tert-OH is 1. The summed E-state index contributed by atoms with van der Waals surface area (Å²) >= 11 is 1.10. The lowest BCUT2D eigenvalue weighted by molar-refractivity contribution is -0.129. The summed E-state index contributed by atoms with van der Waals surface area (Å²) in [6, 6.07) is 11.9. The Morgan fingerprint density at radius 3 is 2.39 bits per heavy atom. The van der Waals surface area contributed by atoms with Crippen LogP contribution in [0.4, 0.5) is 9.93 Å². The lowest BCUT2D eigenvalue weighted by Crippen LogP contribution is -2.55. The number of benzene rings is 2. The van der Waals surface area contributed by atoms with Crippen LogP contribution in [0.25, 0.3) is 10.2 Å². The summed E-state index contributed by atoms with van der Waals surface area (Å²) in [6.45, 7) is 5.11. The molecule has 0 radical (unpaired) electrons. The maximum absolute atomic E-state index is 13.9. The molecule has 0 aliphatic carbocycles. The first-order chi connectivity index (χ1) is 20.8. The number of carbonyl (C=O) groups is 3. The third-order valence-corrected chi connectivity index (χ3v) is 9.31. The van der Waals surface area contributed by atoms with E-state index in [-0.39, 0.29) is 47.9 Å². The van der Waals surface area contributed by atoms with Gasteiger partial charge in [-0.1, -0.05) is 55.5 Å². The van der Waals surface area contributed by atoms with Crippen molar-refractivity contribution in [2.24, 2.45) is 5.92 Å². The normalized spacial score (nSPS) is 13.8. The van der Waals surface area contributed by atoms with Crippen molar-refractivity contribution in [2.45, 2.75) is 50.3 Å². The summed E-state index contributed by atoms with van der Waals surface area (Å²) in [4.78, 5) is 40.9. The van der Waals surface area contributed by atoms with E-state index < -0.39 is 40.2 Å². The number of nitrogens with one attached hydrogen (secondary N) is 4. The fraction of sp³-hybridized carbons (Fsp3) is 0.448. The molecule has 0 saturated carbocycles. The van der Waals surface area contributed by atoms with Gasteiger partial charge in [0.05, 0.1) is 40.9 Å². The van der Waals surface area contributed by atoms with Crippen LogP contribution in [0, 0.1) is 5.92 Å². The van der Waals surface area contributed by atoms with Crippen LogP contribution in [0.3, 0.4) is 0 Å². The first-order valence-electron chi connectivity index (χ1n) is 14.1. The van der Waals surface area contributed by atoms with Gasteiger partial charge in [-0.05, 0) is 50.1 Å². The Hall–Kier alpha value is -3.63. The number of aliphatic hydroxyl groups is 1. The van der Waals surface area contributed by atoms with Gasteiger partial charge in [-0.15, -0.1) is 0 Å².